The highest BCUT2D eigenvalue weighted by Crippen LogP contribution is 2.36. The van der Waals surface area contributed by atoms with E-state index in [1.165, 1.54) is 0 Å². The maximum absolute atomic E-state index is 12.1. The van der Waals surface area contributed by atoms with Gasteiger partial charge >= 0.3 is 0 Å². The minimum Gasteiger partial charge on any atom is -0.367 e. The van der Waals surface area contributed by atoms with Gasteiger partial charge in [-0.3, -0.25) is 4.79 Å². The minimum absolute atomic E-state index is 0.0747. The standard InChI is InChI=1S/C13H17NO2/c1-9(2)8-14-12(15)10-6-4-5-7-11(10)13(14,3)16/h4-7,9,16H,8H2,1-3H3. The van der Waals surface area contributed by atoms with Gasteiger partial charge in [-0.25, -0.2) is 0 Å². The molecule has 0 aliphatic carbocycles. The number of hydrogen-bond donors (Lipinski definition) is 1. The van der Waals surface area contributed by atoms with Crippen LogP contribution in [0.15, 0.2) is 24.3 Å². The van der Waals surface area contributed by atoms with E-state index in [2.05, 4.69) is 0 Å². The van der Waals surface area contributed by atoms with Crippen molar-refractivity contribution in [3.05, 3.63) is 35.4 Å². The number of fused-ring (bicyclic) bond motifs is 1. The zero-order valence-corrected chi connectivity index (χ0v) is 9.90. The van der Waals surface area contributed by atoms with E-state index in [1.54, 1.807) is 17.9 Å². The normalized spacial score (nSPS) is 24.1. The van der Waals surface area contributed by atoms with E-state index in [-0.39, 0.29) is 5.91 Å². The van der Waals surface area contributed by atoms with Gasteiger partial charge in [0.25, 0.3) is 5.91 Å². The number of carbonyl (C=O) groups is 1. The van der Waals surface area contributed by atoms with Gasteiger partial charge in [0.1, 0.15) is 0 Å². The Kier molecular flexibility index (Phi) is 2.50. The van der Waals surface area contributed by atoms with Gasteiger partial charge in [-0.05, 0) is 18.9 Å². The number of aliphatic hydroxyl groups is 1. The highest BCUT2D eigenvalue weighted by atomic mass is 16.3. The second-order valence-corrected chi connectivity index (χ2v) is 4.88. The molecular weight excluding hydrogens is 202 g/mol. The van der Waals surface area contributed by atoms with Gasteiger partial charge in [-0.15, -0.1) is 0 Å². The molecule has 0 aromatic heterocycles. The van der Waals surface area contributed by atoms with Crippen LogP contribution >= 0.6 is 0 Å². The van der Waals surface area contributed by atoms with Crippen molar-refractivity contribution in [3.63, 3.8) is 0 Å². The van der Waals surface area contributed by atoms with E-state index in [4.69, 9.17) is 0 Å². The van der Waals surface area contributed by atoms with Gasteiger partial charge in [0.05, 0.1) is 0 Å². The smallest absolute Gasteiger partial charge is 0.256 e. The highest BCUT2D eigenvalue weighted by Gasteiger charge is 2.44. The molecule has 3 heteroatoms. The molecule has 1 atom stereocenters. The van der Waals surface area contributed by atoms with Crippen molar-refractivity contribution in [2.45, 2.75) is 26.5 Å². The maximum atomic E-state index is 12.1. The summed E-state index contributed by atoms with van der Waals surface area (Å²) in [6.07, 6.45) is 0. The van der Waals surface area contributed by atoms with E-state index < -0.39 is 5.72 Å². The van der Waals surface area contributed by atoms with E-state index >= 15 is 0 Å². The van der Waals surface area contributed by atoms with Gasteiger partial charge in [0, 0.05) is 17.7 Å². The van der Waals surface area contributed by atoms with E-state index in [1.807, 2.05) is 32.0 Å². The van der Waals surface area contributed by atoms with Gasteiger partial charge in [-0.2, -0.15) is 0 Å². The Hall–Kier alpha value is -1.35. The molecule has 1 aliphatic heterocycles. The predicted molar refractivity (Wildman–Crippen MR) is 61.9 cm³/mol. The van der Waals surface area contributed by atoms with Crippen LogP contribution in [0.3, 0.4) is 0 Å². The predicted octanol–water partition coefficient (Wildman–Crippen LogP) is 1.96. The fourth-order valence-electron chi connectivity index (χ4n) is 2.20. The quantitative estimate of drug-likeness (QED) is 0.826. The lowest BCUT2D eigenvalue weighted by molar-refractivity contribution is -0.0726. The van der Waals surface area contributed by atoms with Crippen LogP contribution in [-0.4, -0.2) is 22.5 Å². The molecule has 1 aliphatic rings. The number of carbonyl (C=O) groups excluding carboxylic acids is 1. The third-order valence-electron chi connectivity index (χ3n) is 2.99. The summed E-state index contributed by atoms with van der Waals surface area (Å²) in [5.41, 5.74) is 0.159. The number of amides is 1. The number of rotatable bonds is 2. The summed E-state index contributed by atoms with van der Waals surface area (Å²) in [6, 6.07) is 7.26. The third-order valence-corrected chi connectivity index (χ3v) is 2.99. The van der Waals surface area contributed by atoms with Crippen LogP contribution in [0.25, 0.3) is 0 Å². The van der Waals surface area contributed by atoms with Crippen LogP contribution in [0, 0.1) is 5.92 Å². The summed E-state index contributed by atoms with van der Waals surface area (Å²) in [7, 11) is 0. The van der Waals surface area contributed by atoms with Crippen molar-refractivity contribution < 1.29 is 9.90 Å². The lowest BCUT2D eigenvalue weighted by Crippen LogP contribution is -2.43. The average Bonchev–Trinajstić information content (AvgIpc) is 2.41. The molecule has 1 heterocycles. The van der Waals surface area contributed by atoms with E-state index in [9.17, 15) is 9.90 Å². The fourth-order valence-corrected chi connectivity index (χ4v) is 2.20. The van der Waals surface area contributed by atoms with Crippen LogP contribution < -0.4 is 0 Å². The maximum Gasteiger partial charge on any atom is 0.256 e. The summed E-state index contributed by atoms with van der Waals surface area (Å²) in [4.78, 5) is 13.7. The van der Waals surface area contributed by atoms with Crippen LogP contribution in [0.4, 0.5) is 0 Å². The molecule has 16 heavy (non-hydrogen) atoms. The van der Waals surface area contributed by atoms with Crippen LogP contribution in [0.5, 0.6) is 0 Å². The molecule has 0 spiro atoms. The summed E-state index contributed by atoms with van der Waals surface area (Å²) >= 11 is 0. The number of nitrogens with zero attached hydrogens (tertiary/aromatic N) is 1. The van der Waals surface area contributed by atoms with Gasteiger partial charge in [0.15, 0.2) is 5.72 Å². The molecule has 2 rings (SSSR count). The summed E-state index contributed by atoms with van der Waals surface area (Å²) < 4.78 is 0. The molecule has 1 aromatic rings. The van der Waals surface area contributed by atoms with Crippen molar-refractivity contribution in [2.75, 3.05) is 6.54 Å². The first kappa shape index (κ1) is 11.1. The zero-order chi connectivity index (χ0) is 11.9. The first-order valence-corrected chi connectivity index (χ1v) is 5.58. The van der Waals surface area contributed by atoms with Crippen molar-refractivity contribution in [3.8, 4) is 0 Å². The van der Waals surface area contributed by atoms with Crippen molar-refractivity contribution in [2.24, 2.45) is 5.92 Å². The average molecular weight is 219 g/mol. The van der Waals surface area contributed by atoms with Crippen LogP contribution in [0.2, 0.25) is 0 Å². The molecular formula is C13H17NO2. The van der Waals surface area contributed by atoms with Crippen molar-refractivity contribution in [1.82, 2.24) is 4.90 Å². The molecule has 0 fully saturated rings. The van der Waals surface area contributed by atoms with Crippen molar-refractivity contribution in [1.29, 1.82) is 0 Å². The highest BCUT2D eigenvalue weighted by molar-refractivity contribution is 5.99. The lowest BCUT2D eigenvalue weighted by Gasteiger charge is -2.32. The monoisotopic (exact) mass is 219 g/mol. The topological polar surface area (TPSA) is 40.5 Å². The Morgan fingerprint density at radius 1 is 1.38 bits per heavy atom. The molecule has 1 aromatic carbocycles. The Labute approximate surface area is 95.7 Å². The van der Waals surface area contributed by atoms with Crippen molar-refractivity contribution >= 4 is 5.91 Å². The second-order valence-electron chi connectivity index (χ2n) is 4.88. The molecule has 0 radical (unpaired) electrons. The lowest BCUT2D eigenvalue weighted by atomic mass is 10.0. The van der Waals surface area contributed by atoms with E-state index in [0.29, 0.717) is 23.6 Å². The minimum atomic E-state index is -1.17. The van der Waals surface area contributed by atoms with Crippen LogP contribution in [-0.2, 0) is 5.72 Å². The molecule has 0 bridgehead atoms. The molecule has 1 N–H and O–H groups in total. The molecule has 86 valence electrons. The van der Waals surface area contributed by atoms with Gasteiger partial charge in [0.2, 0.25) is 0 Å². The fraction of sp³-hybridized carbons (Fsp3) is 0.462. The molecule has 0 saturated carbocycles. The summed E-state index contributed by atoms with van der Waals surface area (Å²) in [5, 5.41) is 10.4. The SMILES string of the molecule is CC(C)CN1C(=O)c2ccccc2C1(C)O. The Morgan fingerprint density at radius 2 is 2.00 bits per heavy atom. The van der Waals surface area contributed by atoms with Crippen LogP contribution in [0.1, 0.15) is 36.7 Å². The van der Waals surface area contributed by atoms with Gasteiger partial charge in [-0.1, -0.05) is 32.0 Å². The Bertz CT molecular complexity index is 424. The largest absolute Gasteiger partial charge is 0.367 e. The molecule has 1 amide bonds. The van der Waals surface area contributed by atoms with E-state index in [0.717, 1.165) is 0 Å². The first-order chi connectivity index (χ1) is 7.44. The van der Waals surface area contributed by atoms with Gasteiger partial charge < -0.3 is 10.0 Å². The molecule has 0 saturated heterocycles. The second kappa shape index (κ2) is 3.59. The number of benzene rings is 1. The Balaban J connectivity index is 2.45. The molecule has 1 unspecified atom stereocenters. The Morgan fingerprint density at radius 3 is 2.56 bits per heavy atom. The number of hydrogen-bond acceptors (Lipinski definition) is 2. The molecule has 3 nitrogen and oxygen atoms in total. The summed E-state index contributed by atoms with van der Waals surface area (Å²) in [5.74, 6) is 0.263. The third kappa shape index (κ3) is 1.52. The first-order valence-electron chi connectivity index (χ1n) is 5.58. The summed E-state index contributed by atoms with van der Waals surface area (Å²) in [6.45, 7) is 6.32. The zero-order valence-electron chi connectivity index (χ0n) is 9.90.